The number of carbonyl (C=O) groups is 1. The van der Waals surface area contributed by atoms with E-state index in [1.165, 1.54) is 25.1 Å². The quantitative estimate of drug-likeness (QED) is 0.623. The van der Waals surface area contributed by atoms with Crippen molar-refractivity contribution in [3.63, 3.8) is 0 Å². The number of para-hydroxylation sites is 1. The van der Waals surface area contributed by atoms with E-state index in [2.05, 4.69) is 4.98 Å². The van der Waals surface area contributed by atoms with Crippen LogP contribution >= 0.6 is 11.3 Å². The molecule has 0 atom stereocenters. The molecule has 0 amide bonds. The van der Waals surface area contributed by atoms with Gasteiger partial charge >= 0.3 is 5.97 Å². The first kappa shape index (κ1) is 20.0. The number of aliphatic carboxylic acids is 1. The first-order valence-electron chi connectivity index (χ1n) is 8.37. The van der Waals surface area contributed by atoms with Gasteiger partial charge in [-0.15, -0.1) is 0 Å². The molecular formula is C19H17FN2O4S2. The van der Waals surface area contributed by atoms with Crippen molar-refractivity contribution < 1.29 is 22.7 Å². The molecular weight excluding hydrogens is 403 g/mol. The third-order valence-electron chi connectivity index (χ3n) is 3.90. The molecule has 9 heteroatoms. The molecule has 28 heavy (non-hydrogen) atoms. The Bertz CT molecular complexity index is 1100. The van der Waals surface area contributed by atoms with Gasteiger partial charge in [0.2, 0.25) is 15.2 Å². The lowest BCUT2D eigenvalue weighted by Crippen LogP contribution is -2.27. The summed E-state index contributed by atoms with van der Waals surface area (Å²) in [6.07, 6.45) is -0.349. The molecule has 146 valence electrons. The number of benzene rings is 2. The van der Waals surface area contributed by atoms with Crippen molar-refractivity contribution in [2.75, 3.05) is 10.1 Å². The fourth-order valence-corrected chi connectivity index (χ4v) is 5.06. The molecule has 0 radical (unpaired) electrons. The van der Waals surface area contributed by atoms with E-state index in [1.54, 1.807) is 36.4 Å². The molecule has 0 saturated heterocycles. The molecule has 3 rings (SSSR count). The molecule has 0 aliphatic carbocycles. The Morgan fingerprint density at radius 3 is 2.50 bits per heavy atom. The van der Waals surface area contributed by atoms with Crippen molar-refractivity contribution >= 4 is 38.1 Å². The van der Waals surface area contributed by atoms with Gasteiger partial charge in [-0.3, -0.25) is 4.79 Å². The fraction of sp³-hybridized carbons (Fsp3) is 0.158. The van der Waals surface area contributed by atoms with E-state index in [0.717, 1.165) is 15.6 Å². The predicted octanol–water partition coefficient (Wildman–Crippen LogP) is 4.06. The lowest BCUT2D eigenvalue weighted by molar-refractivity contribution is -0.136. The number of thiazole rings is 1. The Morgan fingerprint density at radius 2 is 1.89 bits per heavy atom. The summed E-state index contributed by atoms with van der Waals surface area (Å²) in [7, 11) is -3.73. The molecule has 0 bridgehead atoms. The number of carboxylic acid groups (broad SMARTS) is 1. The number of sulfonamides is 1. The molecule has 1 aromatic heterocycles. The highest BCUT2D eigenvalue weighted by Crippen LogP contribution is 2.38. The van der Waals surface area contributed by atoms with Crippen LogP contribution in [-0.4, -0.2) is 30.2 Å². The summed E-state index contributed by atoms with van der Waals surface area (Å²) in [5, 5.41) is 9.35. The minimum Gasteiger partial charge on any atom is -0.481 e. The van der Waals surface area contributed by atoms with Gasteiger partial charge in [-0.25, -0.2) is 22.1 Å². The lowest BCUT2D eigenvalue weighted by atomic mass is 10.1. The van der Waals surface area contributed by atoms with Gasteiger partial charge in [0.25, 0.3) is 0 Å². The van der Waals surface area contributed by atoms with E-state index in [0.29, 0.717) is 16.1 Å². The highest BCUT2D eigenvalue weighted by atomic mass is 32.2. The monoisotopic (exact) mass is 420 g/mol. The Labute approximate surface area is 166 Å². The molecule has 3 aromatic rings. The highest BCUT2D eigenvalue weighted by Gasteiger charge is 2.28. The smallest absolute Gasteiger partial charge is 0.308 e. The molecule has 0 spiro atoms. The third-order valence-corrected chi connectivity index (χ3v) is 6.73. The molecule has 1 heterocycles. The second-order valence-electron chi connectivity index (χ2n) is 5.85. The van der Waals surface area contributed by atoms with Crippen LogP contribution in [0.4, 0.5) is 15.2 Å². The number of hydrogen-bond donors (Lipinski definition) is 1. The Morgan fingerprint density at radius 1 is 1.18 bits per heavy atom. The number of rotatable bonds is 7. The lowest BCUT2D eigenvalue weighted by Gasteiger charge is -2.20. The van der Waals surface area contributed by atoms with E-state index >= 15 is 0 Å². The van der Waals surface area contributed by atoms with Crippen molar-refractivity contribution in [2.24, 2.45) is 0 Å². The largest absolute Gasteiger partial charge is 0.481 e. The summed E-state index contributed by atoms with van der Waals surface area (Å²) in [6, 6.07) is 14.0. The first-order chi connectivity index (χ1) is 13.3. The van der Waals surface area contributed by atoms with Crippen LogP contribution in [0.25, 0.3) is 11.3 Å². The van der Waals surface area contributed by atoms with E-state index in [-0.39, 0.29) is 23.0 Å². The maximum atomic E-state index is 13.7. The molecule has 6 nitrogen and oxygen atoms in total. The Kier molecular flexibility index (Phi) is 5.76. The van der Waals surface area contributed by atoms with Crippen molar-refractivity contribution in [1.29, 1.82) is 0 Å². The summed E-state index contributed by atoms with van der Waals surface area (Å²) in [5.41, 5.74) is 1.04. The molecule has 0 fully saturated rings. The van der Waals surface area contributed by atoms with Gasteiger partial charge in [-0.05, 0) is 31.2 Å². The average molecular weight is 420 g/mol. The van der Waals surface area contributed by atoms with Crippen LogP contribution in [0, 0.1) is 5.82 Å². The molecule has 2 aromatic carbocycles. The van der Waals surface area contributed by atoms with Gasteiger partial charge in [0.05, 0.1) is 23.6 Å². The van der Waals surface area contributed by atoms with Gasteiger partial charge in [0.15, 0.2) is 0 Å². The molecule has 0 aliphatic heterocycles. The zero-order valence-corrected chi connectivity index (χ0v) is 16.5. The minimum atomic E-state index is -3.73. The number of carboxylic acids is 1. The summed E-state index contributed by atoms with van der Waals surface area (Å²) in [5.74, 6) is -1.74. The van der Waals surface area contributed by atoms with Crippen molar-refractivity contribution in [3.05, 3.63) is 65.3 Å². The van der Waals surface area contributed by atoms with Crippen LogP contribution < -0.4 is 4.31 Å². The van der Waals surface area contributed by atoms with Crippen molar-refractivity contribution in [3.8, 4) is 11.3 Å². The summed E-state index contributed by atoms with van der Waals surface area (Å²) >= 11 is 0.966. The number of hydrogen-bond acceptors (Lipinski definition) is 5. The maximum absolute atomic E-state index is 13.7. The second-order valence-corrected chi connectivity index (χ2v) is 9.02. The SMILES string of the molecule is CCS(=O)(=O)N(c1ccccc1)c1nc(-c2cccc(F)c2)c(CC(=O)O)s1. The average Bonchev–Trinajstić information content (AvgIpc) is 3.05. The van der Waals surface area contributed by atoms with E-state index in [9.17, 15) is 22.7 Å². The summed E-state index contributed by atoms with van der Waals surface area (Å²) in [6.45, 7) is 1.52. The summed E-state index contributed by atoms with van der Waals surface area (Å²) in [4.78, 5) is 16.0. The van der Waals surface area contributed by atoms with E-state index in [1.807, 2.05) is 0 Å². The van der Waals surface area contributed by atoms with E-state index in [4.69, 9.17) is 0 Å². The number of anilines is 2. The molecule has 0 saturated carbocycles. The van der Waals surface area contributed by atoms with Crippen LogP contribution in [0.1, 0.15) is 11.8 Å². The van der Waals surface area contributed by atoms with Crippen molar-refractivity contribution in [2.45, 2.75) is 13.3 Å². The van der Waals surface area contributed by atoms with Crippen LogP contribution in [-0.2, 0) is 21.2 Å². The molecule has 1 N–H and O–H groups in total. The topological polar surface area (TPSA) is 87.6 Å². The van der Waals surface area contributed by atoms with Crippen LogP contribution in [0.15, 0.2) is 54.6 Å². The maximum Gasteiger partial charge on any atom is 0.308 e. The second kappa shape index (κ2) is 8.07. The van der Waals surface area contributed by atoms with Crippen LogP contribution in [0.3, 0.4) is 0 Å². The Balaban J connectivity index is 2.20. The van der Waals surface area contributed by atoms with Gasteiger partial charge < -0.3 is 5.11 Å². The number of aromatic nitrogens is 1. The van der Waals surface area contributed by atoms with Gasteiger partial charge in [0.1, 0.15) is 5.82 Å². The number of halogens is 1. The minimum absolute atomic E-state index is 0.114. The van der Waals surface area contributed by atoms with Crippen molar-refractivity contribution in [1.82, 2.24) is 4.98 Å². The number of nitrogens with zero attached hydrogens (tertiary/aromatic N) is 2. The van der Waals surface area contributed by atoms with Gasteiger partial charge in [-0.1, -0.05) is 41.7 Å². The van der Waals surface area contributed by atoms with Gasteiger partial charge in [-0.2, -0.15) is 0 Å². The first-order valence-corrected chi connectivity index (χ1v) is 10.8. The third kappa shape index (κ3) is 4.20. The predicted molar refractivity (Wildman–Crippen MR) is 107 cm³/mol. The fourth-order valence-electron chi connectivity index (χ4n) is 2.63. The zero-order valence-electron chi connectivity index (χ0n) is 14.9. The summed E-state index contributed by atoms with van der Waals surface area (Å²) < 4.78 is 40.3. The highest BCUT2D eigenvalue weighted by molar-refractivity contribution is 7.93. The normalized spacial score (nSPS) is 11.4. The van der Waals surface area contributed by atoms with Gasteiger partial charge in [0, 0.05) is 10.4 Å². The Hall–Kier alpha value is -2.78. The van der Waals surface area contributed by atoms with Crippen LogP contribution in [0.5, 0.6) is 0 Å². The standard InChI is InChI=1S/C19H17FN2O4S2/c1-2-28(25,26)22(15-9-4-3-5-10-15)19-21-18(16(27-19)12-17(23)24)13-7-6-8-14(20)11-13/h3-11H,2,12H2,1H3,(H,23,24). The molecule has 0 unspecified atom stereocenters. The zero-order chi connectivity index (χ0) is 20.3. The molecule has 0 aliphatic rings. The van der Waals surface area contributed by atoms with Crippen LogP contribution in [0.2, 0.25) is 0 Å². The van der Waals surface area contributed by atoms with E-state index < -0.39 is 21.8 Å².